The number of hydrogen-bond acceptors (Lipinski definition) is 3. The van der Waals surface area contributed by atoms with Gasteiger partial charge in [-0.3, -0.25) is 0 Å². The number of nitrogens with zero attached hydrogens (tertiary/aromatic N) is 2. The summed E-state index contributed by atoms with van der Waals surface area (Å²) in [5.74, 6) is 0. The van der Waals surface area contributed by atoms with Gasteiger partial charge in [-0.1, -0.05) is 0 Å². The molecular formula is HCuN2O2. The van der Waals surface area contributed by atoms with Gasteiger partial charge < -0.3 is 10.4 Å². The quantitative estimate of drug-likeness (QED) is 0.287. The molecule has 0 aromatic carbocycles. The molecule has 0 radical (unpaired) electrons. The fourth-order valence-corrected chi connectivity index (χ4v) is 0. The predicted octanol–water partition coefficient (Wildman–Crippen LogP) is 0.323. The molecular weight excluding hydrogens is 124 g/mol. The molecule has 0 unspecified atom stereocenters. The van der Waals surface area contributed by atoms with E-state index in [1.54, 1.807) is 10.6 Å². The van der Waals surface area contributed by atoms with Crippen molar-refractivity contribution in [1.29, 1.82) is 0 Å². The molecule has 0 bridgehead atoms. The molecule has 5 heavy (non-hydrogen) atoms. The fourth-order valence-electron chi connectivity index (χ4n) is 0. The molecule has 0 atom stereocenters. The van der Waals surface area contributed by atoms with Gasteiger partial charge in [-0.2, -0.15) is 5.28 Å². The zero-order valence-electron chi connectivity index (χ0n) is 2.05. The first-order valence-corrected chi connectivity index (χ1v) is 0.583. The van der Waals surface area contributed by atoms with Crippen molar-refractivity contribution in [3.8, 4) is 0 Å². The van der Waals surface area contributed by atoms with Gasteiger partial charge in [-0.25, -0.2) is 0 Å². The van der Waals surface area contributed by atoms with Crippen molar-refractivity contribution in [3.63, 3.8) is 0 Å². The Kier molecular flexibility index (Phi) is 16.4. The summed E-state index contributed by atoms with van der Waals surface area (Å²) in [7, 11) is 0. The van der Waals surface area contributed by atoms with Gasteiger partial charge in [0.1, 0.15) is 0 Å². The Labute approximate surface area is 38.9 Å². The van der Waals surface area contributed by atoms with Crippen LogP contribution in [-0.4, -0.2) is 5.21 Å². The molecule has 0 amide bonds. The topological polar surface area (TPSA) is 68.0 Å². The normalized spacial score (nSPS) is 7.20. The van der Waals surface area contributed by atoms with Crippen LogP contribution in [0.2, 0.25) is 0 Å². The van der Waals surface area contributed by atoms with Crippen LogP contribution in [0.5, 0.6) is 0 Å². The Morgan fingerprint density at radius 2 is 1.80 bits per heavy atom. The van der Waals surface area contributed by atoms with Gasteiger partial charge in [-0.05, 0) is 0 Å². The van der Waals surface area contributed by atoms with Crippen LogP contribution in [0.4, 0.5) is 0 Å². The average molecular weight is 125 g/mol. The molecule has 4 nitrogen and oxygen atoms in total. The molecule has 0 spiro atoms. The van der Waals surface area contributed by atoms with Crippen LogP contribution in [-0.2, 0) is 17.1 Å². The Bertz CT molecular complexity index is 22.8. The molecule has 34 valence electrons. The number of hydrogen-bond donors (Lipinski definition) is 1. The Morgan fingerprint density at radius 3 is 1.80 bits per heavy atom. The van der Waals surface area contributed by atoms with Gasteiger partial charge in [0.15, 0.2) is 0 Å². The van der Waals surface area contributed by atoms with Gasteiger partial charge in [0.25, 0.3) is 0 Å². The van der Waals surface area contributed by atoms with E-state index in [-0.39, 0.29) is 17.1 Å². The van der Waals surface area contributed by atoms with Crippen molar-refractivity contribution >= 4 is 0 Å². The van der Waals surface area contributed by atoms with Crippen molar-refractivity contribution in [2.75, 3.05) is 0 Å². The van der Waals surface area contributed by atoms with E-state index < -0.39 is 0 Å². The second-order valence-corrected chi connectivity index (χ2v) is 0.171. The second kappa shape index (κ2) is 9.30. The number of rotatable bonds is 0. The summed E-state index contributed by atoms with van der Waals surface area (Å²) in [4.78, 5) is 0. The molecule has 0 rings (SSSR count). The molecule has 5 heteroatoms. The third-order valence-electron chi connectivity index (χ3n) is 0.0365. The molecule has 0 aliphatic rings. The zero-order valence-corrected chi connectivity index (χ0v) is 2.99. The van der Waals surface area contributed by atoms with Gasteiger partial charge in [0.05, 0.1) is 0 Å². The van der Waals surface area contributed by atoms with E-state index in [1.165, 1.54) is 0 Å². The van der Waals surface area contributed by atoms with Crippen molar-refractivity contribution < 1.29 is 22.3 Å². The van der Waals surface area contributed by atoms with Crippen LogP contribution in [0, 0.1) is 5.21 Å². The van der Waals surface area contributed by atoms with E-state index in [0.29, 0.717) is 0 Å². The SMILES string of the molecule is [Cu+].[O-]N=NO. The van der Waals surface area contributed by atoms with E-state index in [9.17, 15) is 0 Å². The minimum Gasteiger partial charge on any atom is -0.773 e. The van der Waals surface area contributed by atoms with E-state index in [2.05, 4.69) is 0 Å². The molecule has 0 aliphatic heterocycles. The maximum atomic E-state index is 8.51. The first-order chi connectivity index (χ1) is 1.91. The van der Waals surface area contributed by atoms with E-state index >= 15 is 0 Å². The summed E-state index contributed by atoms with van der Waals surface area (Å²) in [5, 5.41) is 19.0. The van der Waals surface area contributed by atoms with Gasteiger partial charge in [0, 0.05) is 5.28 Å². The maximum absolute atomic E-state index is 8.51. The average Bonchev–Trinajstić information content (AvgIpc) is 1.37. The van der Waals surface area contributed by atoms with Gasteiger partial charge in [0.2, 0.25) is 0 Å². The van der Waals surface area contributed by atoms with Crippen molar-refractivity contribution in [1.82, 2.24) is 0 Å². The molecule has 0 saturated carbocycles. The Morgan fingerprint density at radius 1 is 1.60 bits per heavy atom. The summed E-state index contributed by atoms with van der Waals surface area (Å²) in [5.41, 5.74) is 0. The standard InChI is InChI=1S/Cu.H2N2O2/c;3-1-2-4/h;(H,1,4)(H,2,3)/q+1;/p-1. The zero-order chi connectivity index (χ0) is 3.41. The smallest absolute Gasteiger partial charge is 0.773 e. The maximum Gasteiger partial charge on any atom is 1.00 e. The summed E-state index contributed by atoms with van der Waals surface area (Å²) in [6.45, 7) is 0. The van der Waals surface area contributed by atoms with Crippen LogP contribution in [0.1, 0.15) is 0 Å². The first-order valence-electron chi connectivity index (χ1n) is 0.583. The van der Waals surface area contributed by atoms with Gasteiger partial charge >= 0.3 is 17.1 Å². The molecule has 1 N–H and O–H groups in total. The van der Waals surface area contributed by atoms with Crippen LogP contribution in [0.25, 0.3) is 0 Å². The molecule has 0 aromatic heterocycles. The molecule has 0 fully saturated rings. The first kappa shape index (κ1) is 8.83. The van der Waals surface area contributed by atoms with Crippen LogP contribution < -0.4 is 0 Å². The summed E-state index contributed by atoms with van der Waals surface area (Å²) < 4.78 is 0. The van der Waals surface area contributed by atoms with Crippen molar-refractivity contribution in [2.45, 2.75) is 0 Å². The second-order valence-electron chi connectivity index (χ2n) is 0.171. The van der Waals surface area contributed by atoms with Crippen LogP contribution in [0.15, 0.2) is 10.6 Å². The Hall–Kier alpha value is -0.281. The van der Waals surface area contributed by atoms with E-state index in [1.807, 2.05) is 0 Å². The van der Waals surface area contributed by atoms with E-state index in [4.69, 9.17) is 10.4 Å². The largest absolute Gasteiger partial charge is 1.00 e. The summed E-state index contributed by atoms with van der Waals surface area (Å²) >= 11 is 0. The van der Waals surface area contributed by atoms with Crippen LogP contribution >= 0.6 is 0 Å². The third-order valence-corrected chi connectivity index (χ3v) is 0.0365. The van der Waals surface area contributed by atoms with Crippen LogP contribution in [0.3, 0.4) is 0 Å². The summed E-state index contributed by atoms with van der Waals surface area (Å²) in [6.07, 6.45) is 0. The fraction of sp³-hybridized carbons (Fsp3) is 0. The molecule has 0 heterocycles. The summed E-state index contributed by atoms with van der Waals surface area (Å²) in [6, 6.07) is 0. The minimum atomic E-state index is 0. The van der Waals surface area contributed by atoms with Crippen molar-refractivity contribution in [3.05, 3.63) is 5.21 Å². The molecule has 0 aromatic rings. The third kappa shape index (κ3) is 21.2. The van der Waals surface area contributed by atoms with Crippen molar-refractivity contribution in [2.24, 2.45) is 10.6 Å². The monoisotopic (exact) mass is 124 g/mol. The minimum absolute atomic E-state index is 0. The predicted molar refractivity (Wildman–Crippen MR) is 10.0 cm³/mol. The molecule has 0 aliphatic carbocycles. The van der Waals surface area contributed by atoms with E-state index in [0.717, 1.165) is 0 Å². The Balaban J connectivity index is 0. The van der Waals surface area contributed by atoms with Gasteiger partial charge in [-0.15, -0.1) is 0 Å². The molecule has 0 saturated heterocycles.